The Balaban J connectivity index is 4.48. The van der Waals surface area contributed by atoms with Gasteiger partial charge in [0.2, 0.25) is 0 Å². The van der Waals surface area contributed by atoms with Crippen molar-refractivity contribution in [3.05, 3.63) is 146 Å². The van der Waals surface area contributed by atoms with E-state index < -0.39 is 91.5 Å². The second-order valence-electron chi connectivity index (χ2n) is 26.5. The van der Waals surface area contributed by atoms with E-state index in [0.29, 0.717) is 19.3 Å². The van der Waals surface area contributed by atoms with Gasteiger partial charge in [-0.05, 0) is 141 Å². The lowest BCUT2D eigenvalue weighted by molar-refractivity contribution is -0.161. The summed E-state index contributed by atoms with van der Waals surface area (Å²) in [6.07, 6.45) is 94.8. The lowest BCUT2D eigenvalue weighted by Crippen LogP contribution is -2.30. The molecule has 0 rings (SSSR count). The van der Waals surface area contributed by atoms with Gasteiger partial charge in [0.05, 0.1) is 26.4 Å². The van der Waals surface area contributed by atoms with Crippen LogP contribution in [0.1, 0.15) is 316 Å². The molecule has 0 saturated carbocycles. The Morgan fingerprint density at radius 1 is 0.282 bits per heavy atom. The molecule has 0 aliphatic carbocycles. The smallest absolute Gasteiger partial charge is 0.463 e. The number of phosphoric ester groups is 2. The molecule has 0 aliphatic heterocycles. The Bertz CT molecular complexity index is 2450. The largest absolute Gasteiger partial charge is 0.472 e. The third-order valence-electron chi connectivity index (χ3n) is 16.5. The Labute approximate surface area is 626 Å². The van der Waals surface area contributed by atoms with Crippen LogP contribution in [-0.4, -0.2) is 95.9 Å². The molecular weight excluding hydrogens is 1340 g/mol. The van der Waals surface area contributed by atoms with Crippen LogP contribution in [0.3, 0.4) is 0 Å². The number of carbonyl (C=O) groups excluding carboxylic acids is 3. The predicted octanol–water partition coefficient (Wildman–Crippen LogP) is 23.7. The van der Waals surface area contributed by atoms with Gasteiger partial charge < -0.3 is 34.2 Å². The van der Waals surface area contributed by atoms with Gasteiger partial charge in [-0.25, -0.2) is 9.13 Å². The van der Waals surface area contributed by atoms with Gasteiger partial charge in [-0.15, -0.1) is 0 Å². The maximum atomic E-state index is 13.0. The molecule has 0 spiro atoms. The zero-order chi connectivity index (χ0) is 75.2. The van der Waals surface area contributed by atoms with E-state index in [9.17, 15) is 43.5 Å². The van der Waals surface area contributed by atoms with E-state index in [1.165, 1.54) is 103 Å². The maximum absolute atomic E-state index is 13.0. The molecule has 4 N–H and O–H groups in total. The van der Waals surface area contributed by atoms with Crippen LogP contribution in [-0.2, 0) is 55.8 Å². The fourth-order valence-corrected chi connectivity index (χ4v) is 12.1. The molecule has 0 aromatic rings. The number of aliphatic hydroxyl groups excluding tert-OH is 2. The van der Waals surface area contributed by atoms with Crippen LogP contribution in [0.4, 0.5) is 0 Å². The van der Waals surface area contributed by atoms with Crippen molar-refractivity contribution in [2.75, 3.05) is 39.6 Å². The van der Waals surface area contributed by atoms with E-state index in [0.717, 1.165) is 154 Å². The minimum Gasteiger partial charge on any atom is -0.463 e. The Hall–Kier alpha value is -4.57. The van der Waals surface area contributed by atoms with Crippen LogP contribution in [0.15, 0.2) is 146 Å². The summed E-state index contributed by atoms with van der Waals surface area (Å²) in [6.45, 7) is 2.41. The highest BCUT2D eigenvalue weighted by molar-refractivity contribution is 7.47. The summed E-state index contributed by atoms with van der Waals surface area (Å²) in [5, 5.41) is 20.6. The number of hydrogen-bond acceptors (Lipinski definition) is 14. The van der Waals surface area contributed by atoms with Crippen LogP contribution in [0.25, 0.3) is 0 Å². The summed E-state index contributed by atoms with van der Waals surface area (Å²) in [5.74, 6) is -1.62. The van der Waals surface area contributed by atoms with Gasteiger partial charge in [-0.1, -0.05) is 301 Å². The van der Waals surface area contributed by atoms with Crippen LogP contribution >= 0.6 is 15.6 Å². The summed E-state index contributed by atoms with van der Waals surface area (Å²) in [7, 11) is -9.80. The fraction of sp³-hybridized carbons (Fsp3) is 0.682. The van der Waals surface area contributed by atoms with Gasteiger partial charge in [0, 0.05) is 19.3 Å². The van der Waals surface area contributed by atoms with Crippen molar-refractivity contribution in [1.82, 2.24) is 0 Å². The molecule has 0 amide bonds. The number of esters is 3. The lowest BCUT2D eigenvalue weighted by Gasteiger charge is -2.21. The molecule has 0 saturated heterocycles. The van der Waals surface area contributed by atoms with Crippen LogP contribution < -0.4 is 0 Å². The standard InChI is InChI=1S/C85H144O16P2/c1-4-7-10-13-16-19-22-25-28-30-32-33-34-35-36-37-38-39-40-41-42-43-44-45-47-49-51-53-56-59-62-65-68-71-83(88)95-74-80(86)75-97-102(91,92)98-76-81(87)77-99-103(93,94)100-79-82(101-85(90)73-70-67-64-61-58-55-50-27-24-21-18-15-12-9-6-3)78-96-84(89)72-69-66-63-60-57-54-52-48-46-31-29-26-23-20-17-14-11-8-5-2/h7-8,10-11,16-17,19-20,25-29,32-33,35-36,38-39,46,48,50,54,57,80-82,86-87H,4-6,9,12-15,18,21-24,30-31,34,37,40-45,47,49,51-53,55-56,58-79H2,1-3H3,(H,91,92)(H,93,94)/b10-7-,11-8-,19-16-,20-17-,28-25-,29-26-,33-32-,36-35-,39-38-,48-46-,50-27-,57-54-. The first-order valence-electron chi connectivity index (χ1n) is 40.1. The van der Waals surface area contributed by atoms with E-state index in [2.05, 4.69) is 167 Å². The number of unbranched alkanes of at least 4 members (excludes halogenated alkanes) is 28. The zero-order valence-corrected chi connectivity index (χ0v) is 66.2. The Morgan fingerprint density at radius 3 is 0.835 bits per heavy atom. The zero-order valence-electron chi connectivity index (χ0n) is 64.4. The first kappa shape index (κ1) is 98.4. The highest BCUT2D eigenvalue weighted by Crippen LogP contribution is 2.45. The van der Waals surface area contributed by atoms with Gasteiger partial charge in [-0.3, -0.25) is 32.5 Å². The van der Waals surface area contributed by atoms with Crippen molar-refractivity contribution in [2.45, 2.75) is 334 Å². The average molecular weight is 1480 g/mol. The molecule has 0 aromatic carbocycles. The van der Waals surface area contributed by atoms with Crippen LogP contribution in [0, 0.1) is 0 Å². The normalized spacial score (nSPS) is 14.7. The molecule has 0 aliphatic rings. The molecular formula is C85H144O16P2. The maximum Gasteiger partial charge on any atom is 0.472 e. The number of hydrogen-bond donors (Lipinski definition) is 4. The van der Waals surface area contributed by atoms with Crippen molar-refractivity contribution in [3.8, 4) is 0 Å². The minimum absolute atomic E-state index is 0.0847. The molecule has 0 heterocycles. The number of phosphoric acid groups is 2. The van der Waals surface area contributed by atoms with E-state index in [-0.39, 0.29) is 19.3 Å². The number of allylic oxidation sites excluding steroid dienone is 24. The Kier molecular flexibility index (Phi) is 73.6. The van der Waals surface area contributed by atoms with Gasteiger partial charge in [0.15, 0.2) is 6.10 Å². The highest BCUT2D eigenvalue weighted by Gasteiger charge is 2.29. The first-order chi connectivity index (χ1) is 50.2. The summed E-state index contributed by atoms with van der Waals surface area (Å²) in [5.41, 5.74) is 0. The monoisotopic (exact) mass is 1480 g/mol. The lowest BCUT2D eigenvalue weighted by atomic mass is 10.0. The highest BCUT2D eigenvalue weighted by atomic mass is 31.2. The van der Waals surface area contributed by atoms with Crippen LogP contribution in [0.2, 0.25) is 0 Å². The van der Waals surface area contributed by atoms with E-state index in [1.807, 2.05) is 0 Å². The molecule has 18 heteroatoms. The second kappa shape index (κ2) is 77.1. The van der Waals surface area contributed by atoms with Crippen molar-refractivity contribution in [3.63, 3.8) is 0 Å². The van der Waals surface area contributed by atoms with E-state index in [1.54, 1.807) is 0 Å². The van der Waals surface area contributed by atoms with E-state index >= 15 is 0 Å². The van der Waals surface area contributed by atoms with Gasteiger partial charge in [0.1, 0.15) is 25.4 Å². The van der Waals surface area contributed by atoms with Gasteiger partial charge in [-0.2, -0.15) is 0 Å². The minimum atomic E-state index is -4.94. The number of carbonyl (C=O) groups is 3. The summed E-state index contributed by atoms with van der Waals surface area (Å²) in [4.78, 5) is 58.6. The van der Waals surface area contributed by atoms with Gasteiger partial charge in [0.25, 0.3) is 0 Å². The van der Waals surface area contributed by atoms with Crippen molar-refractivity contribution in [2.24, 2.45) is 0 Å². The molecule has 103 heavy (non-hydrogen) atoms. The third kappa shape index (κ3) is 78.3. The molecule has 5 unspecified atom stereocenters. The molecule has 5 atom stereocenters. The molecule has 16 nitrogen and oxygen atoms in total. The summed E-state index contributed by atoms with van der Waals surface area (Å²) in [6, 6.07) is 0. The third-order valence-corrected chi connectivity index (χ3v) is 18.4. The quantitative estimate of drug-likeness (QED) is 0.0146. The molecule has 0 radical (unpaired) electrons. The topological polar surface area (TPSA) is 231 Å². The average Bonchev–Trinajstić information content (AvgIpc) is 0.916. The van der Waals surface area contributed by atoms with Crippen molar-refractivity contribution < 1.29 is 75.8 Å². The van der Waals surface area contributed by atoms with E-state index in [4.69, 9.17) is 32.3 Å². The summed E-state index contributed by atoms with van der Waals surface area (Å²) < 4.78 is 61.1. The molecule has 0 fully saturated rings. The second-order valence-corrected chi connectivity index (χ2v) is 29.4. The number of aliphatic hydroxyl groups is 2. The number of ether oxygens (including phenoxy) is 3. The summed E-state index contributed by atoms with van der Waals surface area (Å²) >= 11 is 0. The predicted molar refractivity (Wildman–Crippen MR) is 426 cm³/mol. The van der Waals surface area contributed by atoms with Crippen molar-refractivity contribution >= 4 is 33.6 Å². The van der Waals surface area contributed by atoms with Crippen LogP contribution in [0.5, 0.6) is 0 Å². The fourth-order valence-electron chi connectivity index (χ4n) is 10.5. The Morgan fingerprint density at radius 2 is 0.515 bits per heavy atom. The first-order valence-corrected chi connectivity index (χ1v) is 43.1. The molecule has 590 valence electrons. The molecule has 0 aromatic heterocycles. The van der Waals surface area contributed by atoms with Gasteiger partial charge >= 0.3 is 33.6 Å². The molecule has 0 bridgehead atoms. The SMILES string of the molecule is CC/C=C\C/C=C\C/C=C\C/C=C\C/C=C\C/C=C\CCCCCCCCCCCCCCCCC(=O)OCC(O)COP(=O)(O)OCC(O)COP(=O)(O)OCC(COC(=O)CCCCC/C=C\C/C=C\C/C=C\C/C=C\C/C=C\CC)OC(=O)CCCCCCC/C=C\CCCCCCCC. The number of rotatable bonds is 75. The van der Waals surface area contributed by atoms with Crippen molar-refractivity contribution in [1.29, 1.82) is 0 Å².